The molecule has 0 spiro atoms. The quantitative estimate of drug-likeness (QED) is 0.433. The summed E-state index contributed by atoms with van der Waals surface area (Å²) in [5, 5.41) is 0.0567. The number of fused-ring (bicyclic) bond motifs is 1. The number of β-lactam (4-membered cyclic amide) rings is 1. The summed E-state index contributed by atoms with van der Waals surface area (Å²) in [5.74, 6) is 0.567. The zero-order valence-electron chi connectivity index (χ0n) is 6.27. The van der Waals surface area contributed by atoms with Gasteiger partial charge in [0.15, 0.2) is 0 Å². The molecule has 12 heavy (non-hydrogen) atoms. The number of carbonyl (C=O) groups excluding carboxylic acids is 2. The van der Waals surface area contributed by atoms with E-state index in [0.717, 1.165) is 6.29 Å². The van der Waals surface area contributed by atoms with Crippen LogP contribution in [0.3, 0.4) is 0 Å². The lowest BCUT2D eigenvalue weighted by atomic mass is 10.1. The van der Waals surface area contributed by atoms with Crippen LogP contribution >= 0.6 is 11.8 Å². The topological polar surface area (TPSA) is 63.4 Å². The van der Waals surface area contributed by atoms with Crippen LogP contribution in [0, 0.1) is 0 Å². The third-order valence-electron chi connectivity index (χ3n) is 2.00. The normalized spacial score (nSPS) is 33.6. The van der Waals surface area contributed by atoms with Crippen molar-refractivity contribution < 1.29 is 9.59 Å². The molecule has 1 amide bonds. The van der Waals surface area contributed by atoms with Gasteiger partial charge < -0.3 is 10.6 Å². The van der Waals surface area contributed by atoms with E-state index in [2.05, 4.69) is 0 Å². The van der Waals surface area contributed by atoms with Crippen LogP contribution < -0.4 is 5.73 Å². The number of aldehydes is 1. The summed E-state index contributed by atoms with van der Waals surface area (Å²) in [5.41, 5.74) is 6.18. The zero-order valence-corrected chi connectivity index (χ0v) is 7.08. The molecule has 0 aromatic heterocycles. The molecule has 2 N–H and O–H groups in total. The lowest BCUT2D eigenvalue weighted by molar-refractivity contribution is -0.140. The molecule has 4 nitrogen and oxygen atoms in total. The van der Waals surface area contributed by atoms with Gasteiger partial charge in [-0.15, -0.1) is 11.8 Å². The third kappa shape index (κ3) is 0.899. The van der Waals surface area contributed by atoms with Gasteiger partial charge in [0.1, 0.15) is 17.7 Å². The molecule has 1 fully saturated rings. The first-order valence-corrected chi connectivity index (χ1v) is 4.64. The van der Waals surface area contributed by atoms with Crippen molar-refractivity contribution in [3.8, 4) is 0 Å². The average Bonchev–Trinajstić information content (AvgIpc) is 2.15. The number of hydrogen-bond acceptors (Lipinski definition) is 4. The molecule has 1 saturated heterocycles. The number of amides is 1. The van der Waals surface area contributed by atoms with Crippen LogP contribution in [0.5, 0.6) is 0 Å². The number of rotatable bonds is 1. The van der Waals surface area contributed by atoms with E-state index in [-0.39, 0.29) is 17.3 Å². The largest absolute Gasteiger partial charge is 0.317 e. The van der Waals surface area contributed by atoms with Crippen LogP contribution in [0.15, 0.2) is 11.8 Å². The van der Waals surface area contributed by atoms with Crippen molar-refractivity contribution in [2.45, 2.75) is 11.4 Å². The summed E-state index contributed by atoms with van der Waals surface area (Å²) < 4.78 is 0. The fourth-order valence-electron chi connectivity index (χ4n) is 1.29. The van der Waals surface area contributed by atoms with Gasteiger partial charge in [-0.2, -0.15) is 0 Å². The van der Waals surface area contributed by atoms with Gasteiger partial charge in [0.2, 0.25) is 5.91 Å². The summed E-state index contributed by atoms with van der Waals surface area (Å²) in [6.45, 7) is 0. The van der Waals surface area contributed by atoms with Gasteiger partial charge in [0.25, 0.3) is 0 Å². The Morgan fingerprint density at radius 2 is 2.50 bits per heavy atom. The molecule has 1 unspecified atom stereocenters. The highest BCUT2D eigenvalue weighted by Crippen LogP contribution is 2.34. The highest BCUT2D eigenvalue weighted by atomic mass is 32.2. The predicted octanol–water partition coefficient (Wildman–Crippen LogP) is -0.688. The van der Waals surface area contributed by atoms with Crippen LogP contribution in [0.25, 0.3) is 0 Å². The van der Waals surface area contributed by atoms with Gasteiger partial charge in [0, 0.05) is 17.5 Å². The molecular formula is C7H8N2O2S. The van der Waals surface area contributed by atoms with Crippen molar-refractivity contribution in [3.05, 3.63) is 11.8 Å². The number of carbonyl (C=O) groups is 2. The predicted molar refractivity (Wildman–Crippen MR) is 45.2 cm³/mol. The highest BCUT2D eigenvalue weighted by molar-refractivity contribution is 8.00. The Labute approximate surface area is 73.8 Å². The molecule has 2 atom stereocenters. The lowest BCUT2D eigenvalue weighted by Crippen LogP contribution is -2.66. The smallest absolute Gasteiger partial charge is 0.247 e. The van der Waals surface area contributed by atoms with Crippen molar-refractivity contribution >= 4 is 24.0 Å². The fourth-order valence-corrected chi connectivity index (χ4v) is 2.45. The molecule has 0 aromatic rings. The Kier molecular flexibility index (Phi) is 1.69. The Hall–Kier alpha value is -0.810. The number of hydrogen-bond donors (Lipinski definition) is 1. The second kappa shape index (κ2) is 2.60. The minimum Gasteiger partial charge on any atom is -0.317 e. The summed E-state index contributed by atoms with van der Waals surface area (Å²) in [6, 6.07) is -0.376. The number of thioether (sulfide) groups is 1. The fraction of sp³-hybridized carbons (Fsp3) is 0.429. The van der Waals surface area contributed by atoms with Crippen LogP contribution in [-0.2, 0) is 9.59 Å². The van der Waals surface area contributed by atoms with E-state index >= 15 is 0 Å². The van der Waals surface area contributed by atoms with Crippen LogP contribution in [-0.4, -0.2) is 34.3 Å². The van der Waals surface area contributed by atoms with E-state index in [1.54, 1.807) is 6.20 Å². The Bertz CT molecular complexity index is 277. The molecule has 64 valence electrons. The van der Waals surface area contributed by atoms with Gasteiger partial charge in [-0.25, -0.2) is 0 Å². The molecule has 5 heteroatoms. The maximum absolute atomic E-state index is 11.1. The SMILES string of the molecule is NC1C(=O)N2C=C(C=O)CS[C@H]12. The molecule has 0 aliphatic carbocycles. The molecule has 0 saturated carbocycles. The van der Waals surface area contributed by atoms with E-state index in [4.69, 9.17) is 5.73 Å². The summed E-state index contributed by atoms with van der Waals surface area (Å²) in [6.07, 6.45) is 2.38. The molecular weight excluding hydrogens is 176 g/mol. The van der Waals surface area contributed by atoms with E-state index in [1.807, 2.05) is 0 Å². The van der Waals surface area contributed by atoms with Crippen molar-refractivity contribution in [3.63, 3.8) is 0 Å². The monoisotopic (exact) mass is 184 g/mol. The number of nitrogens with two attached hydrogens (primary N) is 1. The second-order valence-corrected chi connectivity index (χ2v) is 3.90. The van der Waals surface area contributed by atoms with Gasteiger partial charge >= 0.3 is 0 Å². The van der Waals surface area contributed by atoms with Crippen LogP contribution in [0.1, 0.15) is 0 Å². The van der Waals surface area contributed by atoms with Crippen molar-refractivity contribution in [1.82, 2.24) is 4.90 Å². The van der Waals surface area contributed by atoms with Gasteiger partial charge in [-0.1, -0.05) is 0 Å². The van der Waals surface area contributed by atoms with Gasteiger partial charge in [-0.05, 0) is 0 Å². The van der Waals surface area contributed by atoms with E-state index in [9.17, 15) is 9.59 Å². The summed E-state index contributed by atoms with van der Waals surface area (Å²) in [4.78, 5) is 23.0. The maximum Gasteiger partial charge on any atom is 0.247 e. The van der Waals surface area contributed by atoms with E-state index in [1.165, 1.54) is 16.7 Å². The molecule has 0 bridgehead atoms. The van der Waals surface area contributed by atoms with Gasteiger partial charge in [-0.3, -0.25) is 9.59 Å². The highest BCUT2D eigenvalue weighted by Gasteiger charge is 2.46. The first-order chi connectivity index (χ1) is 5.74. The minimum absolute atomic E-state index is 0.0567. The second-order valence-electron chi connectivity index (χ2n) is 2.79. The molecule has 2 heterocycles. The summed E-state index contributed by atoms with van der Waals surface area (Å²) >= 11 is 1.54. The third-order valence-corrected chi connectivity index (χ3v) is 3.36. The Morgan fingerprint density at radius 3 is 3.17 bits per heavy atom. The average molecular weight is 184 g/mol. The van der Waals surface area contributed by atoms with Crippen LogP contribution in [0.2, 0.25) is 0 Å². The standard InChI is InChI=1S/C7H8N2O2S/c8-5-6(11)9-1-4(2-10)3-12-7(5)9/h1-2,5,7H,3,8H2/t5?,7-/m1/s1. The van der Waals surface area contributed by atoms with E-state index in [0.29, 0.717) is 11.3 Å². The molecule has 2 rings (SSSR count). The first kappa shape index (κ1) is 7.82. The number of nitrogens with zero attached hydrogens (tertiary/aromatic N) is 1. The first-order valence-electron chi connectivity index (χ1n) is 3.59. The summed E-state index contributed by atoms with van der Waals surface area (Å²) in [7, 11) is 0. The van der Waals surface area contributed by atoms with Crippen molar-refractivity contribution in [2.75, 3.05) is 5.75 Å². The van der Waals surface area contributed by atoms with Gasteiger partial charge in [0.05, 0.1) is 0 Å². The molecule has 2 aliphatic heterocycles. The maximum atomic E-state index is 11.1. The zero-order chi connectivity index (χ0) is 8.72. The van der Waals surface area contributed by atoms with Crippen molar-refractivity contribution in [1.29, 1.82) is 0 Å². The molecule has 0 radical (unpaired) electrons. The molecule has 0 aromatic carbocycles. The lowest BCUT2D eigenvalue weighted by Gasteiger charge is -2.45. The Balaban J connectivity index is 2.20. The minimum atomic E-state index is -0.376. The Morgan fingerprint density at radius 1 is 1.75 bits per heavy atom. The van der Waals surface area contributed by atoms with Crippen LogP contribution in [0.4, 0.5) is 0 Å². The molecule has 2 aliphatic rings. The van der Waals surface area contributed by atoms with E-state index < -0.39 is 0 Å². The van der Waals surface area contributed by atoms with Crippen molar-refractivity contribution in [2.24, 2.45) is 5.73 Å².